The van der Waals surface area contributed by atoms with E-state index in [0.29, 0.717) is 0 Å². The predicted octanol–water partition coefficient (Wildman–Crippen LogP) is 2.00. The Hall–Kier alpha value is -1.18. The van der Waals surface area contributed by atoms with Gasteiger partial charge in [0.25, 0.3) is 0 Å². The van der Waals surface area contributed by atoms with Crippen LogP contribution in [0, 0.1) is 6.42 Å². The van der Waals surface area contributed by atoms with E-state index >= 15 is 0 Å². The lowest BCUT2D eigenvalue weighted by Crippen LogP contribution is -2.28. The van der Waals surface area contributed by atoms with Crippen LogP contribution in [0.3, 0.4) is 0 Å². The molecule has 0 radical (unpaired) electrons. The first-order valence-corrected chi connectivity index (χ1v) is 5.51. The molecule has 2 aliphatic heterocycles. The van der Waals surface area contributed by atoms with Crippen molar-refractivity contribution in [3.8, 4) is 0 Å². The highest BCUT2D eigenvalue weighted by Crippen LogP contribution is 2.29. The lowest BCUT2D eigenvalue weighted by molar-refractivity contribution is 0.674. The molecule has 0 aromatic carbocycles. The van der Waals surface area contributed by atoms with E-state index in [0.717, 1.165) is 13.1 Å². The summed E-state index contributed by atoms with van der Waals surface area (Å²) >= 11 is 0. The Kier molecular flexibility index (Phi) is 1.86. The molecule has 0 saturated heterocycles. The third-order valence-corrected chi connectivity index (χ3v) is 3.13. The summed E-state index contributed by atoms with van der Waals surface area (Å²) < 4.78 is 0. The molecule has 2 heteroatoms. The van der Waals surface area contributed by atoms with Gasteiger partial charge in [-0.2, -0.15) is 0 Å². The minimum absolute atomic E-state index is 1.01. The average Bonchev–Trinajstić information content (AvgIpc) is 2.26. The largest absolute Gasteiger partial charge is 0.363 e. The summed E-state index contributed by atoms with van der Waals surface area (Å²) in [6.45, 7) is 2.12. The van der Waals surface area contributed by atoms with Crippen LogP contribution in [0.1, 0.15) is 25.7 Å². The molecule has 0 aromatic rings. The SMILES string of the molecule is C1=C2CCCN=C2[CH+]C2=C1CCCN2. The summed E-state index contributed by atoms with van der Waals surface area (Å²) in [6.07, 6.45) is 9.53. The monoisotopic (exact) mass is 187 g/mol. The Morgan fingerprint density at radius 3 is 3.29 bits per heavy atom. The van der Waals surface area contributed by atoms with Gasteiger partial charge in [-0.25, -0.2) is 0 Å². The summed E-state index contributed by atoms with van der Waals surface area (Å²) in [5.74, 6) is 0. The van der Waals surface area contributed by atoms with Crippen LogP contribution in [0.4, 0.5) is 0 Å². The lowest BCUT2D eigenvalue weighted by Gasteiger charge is -2.21. The van der Waals surface area contributed by atoms with E-state index < -0.39 is 0 Å². The number of rotatable bonds is 0. The van der Waals surface area contributed by atoms with Crippen LogP contribution in [0.5, 0.6) is 0 Å². The molecule has 0 atom stereocenters. The third kappa shape index (κ3) is 1.26. The van der Waals surface area contributed by atoms with Crippen molar-refractivity contribution in [2.45, 2.75) is 25.7 Å². The minimum Gasteiger partial charge on any atom is -0.363 e. The molecule has 2 heterocycles. The molecular formula is C12H15N2+. The van der Waals surface area contributed by atoms with E-state index in [9.17, 15) is 0 Å². The smallest absolute Gasteiger partial charge is 0.173 e. The highest BCUT2D eigenvalue weighted by molar-refractivity contribution is 6.10. The van der Waals surface area contributed by atoms with Gasteiger partial charge in [-0.15, -0.1) is 0 Å². The maximum Gasteiger partial charge on any atom is 0.173 e. The first-order chi connectivity index (χ1) is 6.93. The van der Waals surface area contributed by atoms with Crippen molar-refractivity contribution in [2.75, 3.05) is 13.1 Å². The van der Waals surface area contributed by atoms with E-state index in [2.05, 4.69) is 22.8 Å². The van der Waals surface area contributed by atoms with Crippen molar-refractivity contribution in [2.24, 2.45) is 4.99 Å². The second-order valence-electron chi connectivity index (χ2n) is 4.15. The number of hydrogen-bond donors (Lipinski definition) is 1. The van der Waals surface area contributed by atoms with Gasteiger partial charge >= 0.3 is 0 Å². The molecule has 0 saturated carbocycles. The summed E-state index contributed by atoms with van der Waals surface area (Å²) in [5, 5.41) is 3.45. The van der Waals surface area contributed by atoms with Crippen LogP contribution >= 0.6 is 0 Å². The van der Waals surface area contributed by atoms with E-state index in [-0.39, 0.29) is 0 Å². The summed E-state index contributed by atoms with van der Waals surface area (Å²) in [7, 11) is 0. The maximum absolute atomic E-state index is 4.56. The Morgan fingerprint density at radius 1 is 1.29 bits per heavy atom. The van der Waals surface area contributed by atoms with Crippen molar-refractivity contribution < 1.29 is 0 Å². The van der Waals surface area contributed by atoms with Crippen LogP contribution < -0.4 is 5.32 Å². The van der Waals surface area contributed by atoms with E-state index in [1.165, 1.54) is 48.2 Å². The zero-order chi connectivity index (χ0) is 9.38. The fraction of sp³-hybridized carbons (Fsp3) is 0.500. The second-order valence-corrected chi connectivity index (χ2v) is 4.15. The predicted molar refractivity (Wildman–Crippen MR) is 58.2 cm³/mol. The molecule has 0 bridgehead atoms. The Balaban J connectivity index is 1.97. The number of hydrogen-bond acceptors (Lipinski definition) is 2. The fourth-order valence-corrected chi connectivity index (χ4v) is 2.37. The molecule has 1 aliphatic carbocycles. The Labute approximate surface area is 84.8 Å². The van der Waals surface area contributed by atoms with Crippen LogP contribution in [0.2, 0.25) is 0 Å². The molecule has 0 amide bonds. The zero-order valence-corrected chi connectivity index (χ0v) is 8.34. The third-order valence-electron chi connectivity index (χ3n) is 3.13. The van der Waals surface area contributed by atoms with Crippen molar-refractivity contribution in [3.05, 3.63) is 29.3 Å². The van der Waals surface area contributed by atoms with Crippen molar-refractivity contribution in [1.29, 1.82) is 0 Å². The van der Waals surface area contributed by atoms with Gasteiger partial charge in [0.05, 0.1) is 23.6 Å². The van der Waals surface area contributed by atoms with E-state index in [1.807, 2.05) is 0 Å². The standard InChI is InChI=1S/C12H15N2/c1-3-9-7-10-4-2-6-14-12(10)8-11(9)13-5-1/h7-8,13H,1-6H2/q+1. The van der Waals surface area contributed by atoms with Gasteiger partial charge in [0.15, 0.2) is 11.4 Å². The highest BCUT2D eigenvalue weighted by atomic mass is 14.9. The van der Waals surface area contributed by atoms with Gasteiger partial charge in [0.2, 0.25) is 0 Å². The molecular weight excluding hydrogens is 172 g/mol. The molecule has 3 rings (SSSR count). The summed E-state index contributed by atoms with van der Waals surface area (Å²) in [5.41, 5.74) is 5.50. The fourth-order valence-electron chi connectivity index (χ4n) is 2.37. The maximum atomic E-state index is 4.56. The van der Waals surface area contributed by atoms with Crippen molar-refractivity contribution in [1.82, 2.24) is 5.32 Å². The van der Waals surface area contributed by atoms with Crippen molar-refractivity contribution in [3.63, 3.8) is 0 Å². The Bertz CT molecular complexity index is 347. The highest BCUT2D eigenvalue weighted by Gasteiger charge is 2.30. The first-order valence-electron chi connectivity index (χ1n) is 5.51. The van der Waals surface area contributed by atoms with E-state index in [1.54, 1.807) is 0 Å². The van der Waals surface area contributed by atoms with Gasteiger partial charge < -0.3 is 5.32 Å². The van der Waals surface area contributed by atoms with Crippen LogP contribution in [-0.4, -0.2) is 18.8 Å². The molecule has 14 heavy (non-hydrogen) atoms. The van der Waals surface area contributed by atoms with Crippen LogP contribution in [0.25, 0.3) is 0 Å². The molecule has 3 aliphatic rings. The van der Waals surface area contributed by atoms with Gasteiger partial charge in [-0.3, -0.25) is 4.99 Å². The summed E-state index contributed by atoms with van der Waals surface area (Å²) in [6, 6.07) is 0. The molecule has 2 nitrogen and oxygen atoms in total. The summed E-state index contributed by atoms with van der Waals surface area (Å²) in [4.78, 5) is 4.56. The van der Waals surface area contributed by atoms with Gasteiger partial charge in [-0.05, 0) is 12.8 Å². The minimum atomic E-state index is 1.01. The zero-order valence-electron chi connectivity index (χ0n) is 8.34. The number of nitrogens with one attached hydrogen (secondary N) is 1. The van der Waals surface area contributed by atoms with E-state index in [4.69, 9.17) is 0 Å². The molecule has 0 unspecified atom stereocenters. The number of allylic oxidation sites excluding steroid dienone is 4. The topological polar surface area (TPSA) is 24.4 Å². The van der Waals surface area contributed by atoms with Crippen LogP contribution in [0.15, 0.2) is 27.9 Å². The molecule has 1 N–H and O–H groups in total. The first kappa shape index (κ1) is 8.16. The lowest BCUT2D eigenvalue weighted by atomic mass is 9.87. The number of fused-ring (bicyclic) bond motifs is 1. The number of aliphatic imine (C=N–C) groups is 1. The normalized spacial score (nSPS) is 25.1. The molecule has 0 fully saturated rings. The molecule has 72 valence electrons. The molecule has 0 spiro atoms. The second kappa shape index (κ2) is 3.19. The quantitative estimate of drug-likeness (QED) is 0.576. The van der Waals surface area contributed by atoms with Crippen LogP contribution in [-0.2, 0) is 0 Å². The number of nitrogens with zero attached hydrogens (tertiary/aromatic N) is 1. The van der Waals surface area contributed by atoms with Gasteiger partial charge in [0.1, 0.15) is 0 Å². The Morgan fingerprint density at radius 2 is 2.29 bits per heavy atom. The van der Waals surface area contributed by atoms with Gasteiger partial charge in [-0.1, -0.05) is 0 Å². The molecule has 0 aromatic heterocycles. The van der Waals surface area contributed by atoms with Gasteiger partial charge in [0, 0.05) is 25.9 Å². The van der Waals surface area contributed by atoms with Crippen molar-refractivity contribution >= 4 is 5.71 Å². The average molecular weight is 187 g/mol.